The van der Waals surface area contributed by atoms with Crippen LogP contribution in [0.15, 0.2) is 48.5 Å². The second-order valence-electron chi connectivity index (χ2n) is 8.75. The summed E-state index contributed by atoms with van der Waals surface area (Å²) in [5.41, 5.74) is 0. The fourth-order valence-corrected chi connectivity index (χ4v) is 3.71. The van der Waals surface area contributed by atoms with Gasteiger partial charge in [-0.1, -0.05) is 63.3 Å². The highest BCUT2D eigenvalue weighted by Gasteiger charge is 2.18. The molecule has 0 saturated carbocycles. The third kappa shape index (κ3) is 11.3. The molecular weight excluding hydrogens is 476 g/mol. The number of ether oxygens (including phenoxy) is 7. The van der Waals surface area contributed by atoms with Crippen LogP contribution in [-0.4, -0.2) is 64.9 Å². The zero-order valence-electron chi connectivity index (χ0n) is 21.9. The Bertz CT molecular complexity index is 847. The fourth-order valence-electron chi connectivity index (χ4n) is 3.71. The summed E-state index contributed by atoms with van der Waals surface area (Å²) in [7, 11) is 0. The quantitative estimate of drug-likeness (QED) is 0.314. The topological polar surface area (TPSA) is 81.7 Å². The SMILES string of the molecule is CCCCCCCCOC(=O)COC1COc2ccccc2OCCOCCOc2ccccc2OC1. The number of unbranched alkanes of at least 4 members (excludes halogenated alkanes) is 5. The molecule has 0 spiro atoms. The summed E-state index contributed by atoms with van der Waals surface area (Å²) in [6, 6.07) is 14.8. The maximum absolute atomic E-state index is 12.3. The minimum absolute atomic E-state index is 0.157. The summed E-state index contributed by atoms with van der Waals surface area (Å²) in [6.45, 7) is 4.33. The van der Waals surface area contributed by atoms with Gasteiger partial charge in [-0.05, 0) is 30.7 Å². The van der Waals surface area contributed by atoms with Gasteiger partial charge in [0.2, 0.25) is 0 Å². The van der Waals surface area contributed by atoms with Crippen molar-refractivity contribution in [2.45, 2.75) is 51.6 Å². The van der Waals surface area contributed by atoms with Crippen LogP contribution in [0.4, 0.5) is 0 Å². The Morgan fingerprint density at radius 2 is 1.24 bits per heavy atom. The van der Waals surface area contributed by atoms with Crippen LogP contribution in [0.1, 0.15) is 45.4 Å². The van der Waals surface area contributed by atoms with Crippen molar-refractivity contribution < 1.29 is 38.0 Å². The van der Waals surface area contributed by atoms with Crippen molar-refractivity contribution in [3.8, 4) is 23.0 Å². The van der Waals surface area contributed by atoms with E-state index in [0.29, 0.717) is 56.0 Å². The van der Waals surface area contributed by atoms with Gasteiger partial charge in [-0.3, -0.25) is 0 Å². The van der Waals surface area contributed by atoms with Crippen molar-refractivity contribution in [2.75, 3.05) is 52.9 Å². The van der Waals surface area contributed by atoms with Crippen LogP contribution in [0.5, 0.6) is 23.0 Å². The lowest BCUT2D eigenvalue weighted by atomic mass is 10.1. The molecule has 0 unspecified atom stereocenters. The monoisotopic (exact) mass is 516 g/mol. The van der Waals surface area contributed by atoms with E-state index in [-0.39, 0.29) is 19.8 Å². The van der Waals surface area contributed by atoms with Gasteiger partial charge in [0.05, 0.1) is 19.8 Å². The lowest BCUT2D eigenvalue weighted by molar-refractivity contribution is -0.152. The Kier molecular flexibility index (Phi) is 13.5. The van der Waals surface area contributed by atoms with E-state index in [1.165, 1.54) is 25.7 Å². The highest BCUT2D eigenvalue weighted by atomic mass is 16.6. The molecule has 204 valence electrons. The van der Waals surface area contributed by atoms with Gasteiger partial charge < -0.3 is 33.2 Å². The molecule has 8 nitrogen and oxygen atoms in total. The zero-order chi connectivity index (χ0) is 26.0. The number of carbonyl (C=O) groups excluding carboxylic acids is 1. The number of hydrogen-bond acceptors (Lipinski definition) is 8. The molecule has 1 heterocycles. The largest absolute Gasteiger partial charge is 0.487 e. The molecule has 0 saturated heterocycles. The maximum Gasteiger partial charge on any atom is 0.332 e. The molecule has 0 aromatic heterocycles. The van der Waals surface area contributed by atoms with E-state index in [1.54, 1.807) is 0 Å². The molecule has 2 aromatic carbocycles. The van der Waals surface area contributed by atoms with Crippen molar-refractivity contribution in [2.24, 2.45) is 0 Å². The predicted octanol–water partition coefficient (Wildman–Crippen LogP) is 5.22. The fraction of sp³-hybridized carbons (Fsp3) is 0.552. The average molecular weight is 517 g/mol. The third-order valence-corrected chi connectivity index (χ3v) is 5.72. The number of rotatable bonds is 10. The highest BCUT2D eigenvalue weighted by Crippen LogP contribution is 2.28. The van der Waals surface area contributed by atoms with Gasteiger partial charge in [-0.15, -0.1) is 0 Å². The molecule has 0 amide bonds. The first kappa shape index (κ1) is 28.6. The van der Waals surface area contributed by atoms with Crippen LogP contribution in [0.2, 0.25) is 0 Å². The lowest BCUT2D eigenvalue weighted by Crippen LogP contribution is -2.31. The number of esters is 1. The van der Waals surface area contributed by atoms with Crippen molar-refractivity contribution in [1.29, 1.82) is 0 Å². The molecule has 0 atom stereocenters. The molecule has 1 aliphatic heterocycles. The van der Waals surface area contributed by atoms with Gasteiger partial charge in [-0.25, -0.2) is 4.79 Å². The van der Waals surface area contributed by atoms with Crippen molar-refractivity contribution >= 4 is 5.97 Å². The summed E-state index contributed by atoms with van der Waals surface area (Å²) in [5, 5.41) is 0. The Hall–Kier alpha value is -2.97. The van der Waals surface area contributed by atoms with Gasteiger partial charge in [0.1, 0.15) is 39.1 Å². The first-order chi connectivity index (χ1) is 18.3. The van der Waals surface area contributed by atoms with Crippen LogP contribution < -0.4 is 18.9 Å². The van der Waals surface area contributed by atoms with E-state index in [1.807, 2.05) is 48.5 Å². The number of benzene rings is 2. The Labute approximate surface area is 220 Å². The maximum atomic E-state index is 12.3. The number of para-hydroxylation sites is 4. The zero-order valence-corrected chi connectivity index (χ0v) is 21.9. The minimum atomic E-state index is -0.529. The van der Waals surface area contributed by atoms with Gasteiger partial charge in [-0.2, -0.15) is 0 Å². The Balaban J connectivity index is 1.56. The third-order valence-electron chi connectivity index (χ3n) is 5.72. The van der Waals surface area contributed by atoms with Crippen molar-refractivity contribution in [3.63, 3.8) is 0 Å². The highest BCUT2D eigenvalue weighted by molar-refractivity contribution is 5.70. The first-order valence-electron chi connectivity index (χ1n) is 13.3. The lowest BCUT2D eigenvalue weighted by Gasteiger charge is -2.21. The van der Waals surface area contributed by atoms with E-state index in [0.717, 1.165) is 12.8 Å². The summed E-state index contributed by atoms with van der Waals surface area (Å²) >= 11 is 0. The second-order valence-corrected chi connectivity index (χ2v) is 8.75. The van der Waals surface area contributed by atoms with Crippen LogP contribution >= 0.6 is 0 Å². The molecular formula is C29H40O8. The van der Waals surface area contributed by atoms with Gasteiger partial charge in [0, 0.05) is 0 Å². The van der Waals surface area contributed by atoms with E-state index < -0.39 is 12.1 Å². The predicted molar refractivity (Wildman–Crippen MR) is 140 cm³/mol. The molecule has 0 N–H and O–H groups in total. The Morgan fingerprint density at radius 1 is 0.730 bits per heavy atom. The summed E-state index contributed by atoms with van der Waals surface area (Å²) in [4.78, 5) is 12.3. The molecule has 0 radical (unpaired) electrons. The van der Waals surface area contributed by atoms with Crippen LogP contribution in [-0.2, 0) is 19.0 Å². The standard InChI is InChI=1S/C29H40O8/c1-2-3-4-5-6-11-16-34-29(30)23-35-24-21-36-27-14-9-7-12-25(27)32-19-17-31-18-20-33-26-13-8-10-15-28(26)37-22-24/h7-10,12-15,24H,2-6,11,16-23H2,1H3. The number of hydrogen-bond donors (Lipinski definition) is 0. The van der Waals surface area contributed by atoms with Crippen LogP contribution in [0.25, 0.3) is 0 Å². The van der Waals surface area contributed by atoms with Crippen LogP contribution in [0, 0.1) is 0 Å². The molecule has 37 heavy (non-hydrogen) atoms. The van der Waals surface area contributed by atoms with Crippen molar-refractivity contribution in [1.82, 2.24) is 0 Å². The van der Waals surface area contributed by atoms with Crippen molar-refractivity contribution in [3.05, 3.63) is 48.5 Å². The van der Waals surface area contributed by atoms with E-state index in [9.17, 15) is 4.79 Å². The Morgan fingerprint density at radius 3 is 1.81 bits per heavy atom. The van der Waals surface area contributed by atoms with Crippen LogP contribution in [0.3, 0.4) is 0 Å². The summed E-state index contributed by atoms with van der Waals surface area (Å²) < 4.78 is 40.5. The molecule has 0 fully saturated rings. The van der Waals surface area contributed by atoms with Gasteiger partial charge in [0.25, 0.3) is 0 Å². The van der Waals surface area contributed by atoms with E-state index in [4.69, 9.17) is 33.2 Å². The summed E-state index contributed by atoms with van der Waals surface area (Å²) in [5.74, 6) is 1.99. The molecule has 2 aromatic rings. The average Bonchev–Trinajstić information content (AvgIpc) is 2.92. The number of carbonyl (C=O) groups is 1. The molecule has 0 bridgehead atoms. The smallest absolute Gasteiger partial charge is 0.332 e. The van der Waals surface area contributed by atoms with Gasteiger partial charge in [0.15, 0.2) is 23.0 Å². The number of fused-ring (bicyclic) bond motifs is 2. The molecule has 1 aliphatic rings. The second kappa shape index (κ2) is 17.5. The van der Waals surface area contributed by atoms with E-state index >= 15 is 0 Å². The molecule has 8 heteroatoms. The normalized spacial score (nSPS) is 15.2. The minimum Gasteiger partial charge on any atom is -0.487 e. The molecule has 3 rings (SSSR count). The summed E-state index contributed by atoms with van der Waals surface area (Å²) in [6.07, 6.45) is 6.26. The molecule has 0 aliphatic carbocycles. The van der Waals surface area contributed by atoms with E-state index in [2.05, 4.69) is 6.92 Å². The van der Waals surface area contributed by atoms with Gasteiger partial charge >= 0.3 is 5.97 Å². The first-order valence-corrected chi connectivity index (χ1v) is 13.3.